The van der Waals surface area contributed by atoms with Gasteiger partial charge in [0, 0.05) is 54.1 Å². The van der Waals surface area contributed by atoms with Crippen molar-refractivity contribution in [2.75, 3.05) is 39.3 Å². The molecule has 6 rings (SSSR count). The molecule has 3 saturated heterocycles. The van der Waals surface area contributed by atoms with Crippen LogP contribution in [0.5, 0.6) is 5.75 Å². The second-order valence-corrected chi connectivity index (χ2v) is 12.5. The van der Waals surface area contributed by atoms with Crippen LogP contribution in [-0.4, -0.2) is 89.5 Å². The number of fused-ring (bicyclic) bond motifs is 4. The highest BCUT2D eigenvalue weighted by atomic mass is 16.6. The highest BCUT2D eigenvalue weighted by molar-refractivity contribution is 6.05. The Morgan fingerprint density at radius 3 is 2.58 bits per heavy atom. The molecule has 204 valence electrons. The molecule has 10 heteroatoms. The van der Waals surface area contributed by atoms with Crippen LogP contribution in [0.25, 0.3) is 0 Å². The number of likely N-dealkylation sites (tertiary alicyclic amines) is 2. The highest BCUT2D eigenvalue weighted by Crippen LogP contribution is 2.49. The van der Waals surface area contributed by atoms with E-state index in [1.807, 2.05) is 32.9 Å². The molecule has 4 amide bonds. The highest BCUT2D eigenvalue weighted by Gasteiger charge is 2.48. The van der Waals surface area contributed by atoms with Crippen molar-refractivity contribution in [1.82, 2.24) is 20.0 Å². The first-order chi connectivity index (χ1) is 18.0. The number of benzene rings is 1. The number of imide groups is 1. The van der Waals surface area contributed by atoms with Gasteiger partial charge >= 0.3 is 6.09 Å². The van der Waals surface area contributed by atoms with E-state index in [9.17, 15) is 19.2 Å². The van der Waals surface area contributed by atoms with Crippen LogP contribution in [0.15, 0.2) is 12.1 Å². The molecule has 38 heavy (non-hydrogen) atoms. The van der Waals surface area contributed by atoms with Crippen LogP contribution in [0, 0.1) is 5.92 Å². The van der Waals surface area contributed by atoms with E-state index in [-0.39, 0.29) is 29.7 Å². The molecule has 0 aliphatic carbocycles. The first kappa shape index (κ1) is 25.2. The van der Waals surface area contributed by atoms with Crippen LogP contribution in [0.3, 0.4) is 0 Å². The molecular formula is C28H36N4O6. The van der Waals surface area contributed by atoms with Crippen LogP contribution in [0.2, 0.25) is 0 Å². The standard InChI is InChI=1S/C28H36N4O6/c1-27(2,3)38-26(36)31-13-17(14-31)12-30-10-8-28(9-11-30)16-37-23-19-15-32(21-6-7-22(33)29-24(21)34)25(35)18(19)4-5-20(23)28/h4-5,17,21H,6-16H2,1-3H3,(H,29,33,34)/t21-/m1/s1. The second kappa shape index (κ2) is 8.97. The molecule has 1 spiro atoms. The summed E-state index contributed by atoms with van der Waals surface area (Å²) in [7, 11) is 0. The third kappa shape index (κ3) is 4.32. The van der Waals surface area contributed by atoms with E-state index >= 15 is 0 Å². The van der Waals surface area contributed by atoms with Gasteiger partial charge in [-0.2, -0.15) is 0 Å². The molecule has 10 nitrogen and oxygen atoms in total. The Hall–Kier alpha value is -3.14. The zero-order chi connectivity index (χ0) is 26.8. The Kier molecular flexibility index (Phi) is 5.93. The molecule has 3 fully saturated rings. The number of amides is 4. The fourth-order valence-corrected chi connectivity index (χ4v) is 6.59. The molecule has 5 aliphatic rings. The summed E-state index contributed by atoms with van der Waals surface area (Å²) in [6, 6.07) is 3.32. The van der Waals surface area contributed by atoms with Gasteiger partial charge in [-0.1, -0.05) is 6.07 Å². The van der Waals surface area contributed by atoms with Gasteiger partial charge in [-0.05, 0) is 59.2 Å². The van der Waals surface area contributed by atoms with Crippen molar-refractivity contribution in [1.29, 1.82) is 0 Å². The minimum Gasteiger partial charge on any atom is -0.492 e. The number of rotatable bonds is 3. The molecule has 5 heterocycles. The maximum absolute atomic E-state index is 13.2. The predicted octanol–water partition coefficient (Wildman–Crippen LogP) is 2.04. The maximum Gasteiger partial charge on any atom is 0.410 e. The van der Waals surface area contributed by atoms with Crippen molar-refractivity contribution in [2.24, 2.45) is 5.92 Å². The molecule has 1 aromatic rings. The van der Waals surface area contributed by atoms with Crippen molar-refractivity contribution >= 4 is 23.8 Å². The molecular weight excluding hydrogens is 488 g/mol. The normalized spacial score (nSPS) is 25.1. The minimum atomic E-state index is -0.625. The number of nitrogens with zero attached hydrogens (tertiary/aromatic N) is 3. The van der Waals surface area contributed by atoms with Crippen LogP contribution >= 0.6 is 0 Å². The van der Waals surface area contributed by atoms with Gasteiger partial charge in [-0.3, -0.25) is 19.7 Å². The minimum absolute atomic E-state index is 0.0614. The fraction of sp³-hybridized carbons (Fsp3) is 0.643. The zero-order valence-corrected chi connectivity index (χ0v) is 22.4. The topological polar surface area (TPSA) is 108 Å². The third-order valence-corrected chi connectivity index (χ3v) is 8.67. The summed E-state index contributed by atoms with van der Waals surface area (Å²) >= 11 is 0. The van der Waals surface area contributed by atoms with Gasteiger partial charge in [0.1, 0.15) is 17.4 Å². The molecule has 1 N–H and O–H groups in total. The monoisotopic (exact) mass is 524 g/mol. The zero-order valence-electron chi connectivity index (χ0n) is 22.4. The van der Waals surface area contributed by atoms with Gasteiger partial charge in [0.05, 0.1) is 13.2 Å². The van der Waals surface area contributed by atoms with E-state index < -0.39 is 17.6 Å². The van der Waals surface area contributed by atoms with Gasteiger partial charge in [0.2, 0.25) is 11.8 Å². The van der Waals surface area contributed by atoms with E-state index in [2.05, 4.69) is 10.2 Å². The lowest BCUT2D eigenvalue weighted by atomic mass is 9.73. The summed E-state index contributed by atoms with van der Waals surface area (Å²) in [6.07, 6.45) is 2.32. The van der Waals surface area contributed by atoms with Crippen LogP contribution in [0.1, 0.15) is 67.9 Å². The summed E-state index contributed by atoms with van der Waals surface area (Å²) in [5.41, 5.74) is 2.11. The average Bonchev–Trinajstić information content (AvgIpc) is 3.34. The average molecular weight is 525 g/mol. The third-order valence-electron chi connectivity index (χ3n) is 8.67. The predicted molar refractivity (Wildman–Crippen MR) is 137 cm³/mol. The molecule has 0 bridgehead atoms. The number of ether oxygens (including phenoxy) is 2. The second-order valence-electron chi connectivity index (χ2n) is 12.5. The number of carbonyl (C=O) groups is 4. The van der Waals surface area contributed by atoms with Crippen LogP contribution < -0.4 is 10.1 Å². The van der Waals surface area contributed by atoms with E-state index in [0.717, 1.165) is 56.9 Å². The van der Waals surface area contributed by atoms with E-state index in [1.54, 1.807) is 9.80 Å². The molecule has 0 unspecified atom stereocenters. The summed E-state index contributed by atoms with van der Waals surface area (Å²) in [5.74, 6) is 0.426. The van der Waals surface area contributed by atoms with Crippen molar-refractivity contribution in [3.8, 4) is 5.75 Å². The Morgan fingerprint density at radius 1 is 1.16 bits per heavy atom. The summed E-state index contributed by atoms with van der Waals surface area (Å²) in [6.45, 7) is 11.0. The molecule has 0 radical (unpaired) electrons. The first-order valence-corrected chi connectivity index (χ1v) is 13.7. The van der Waals surface area contributed by atoms with Crippen molar-refractivity contribution < 1.29 is 28.7 Å². The number of nitrogens with one attached hydrogen (secondary N) is 1. The number of piperidine rings is 2. The van der Waals surface area contributed by atoms with Gasteiger partial charge in [0.25, 0.3) is 5.91 Å². The molecule has 0 saturated carbocycles. The van der Waals surface area contributed by atoms with Gasteiger partial charge in [0.15, 0.2) is 0 Å². The molecule has 5 aliphatic heterocycles. The fourth-order valence-electron chi connectivity index (χ4n) is 6.59. The van der Waals surface area contributed by atoms with E-state index in [0.29, 0.717) is 31.1 Å². The van der Waals surface area contributed by atoms with E-state index in [1.165, 1.54) is 5.56 Å². The van der Waals surface area contributed by atoms with Crippen molar-refractivity contribution in [3.63, 3.8) is 0 Å². The van der Waals surface area contributed by atoms with Crippen molar-refractivity contribution in [2.45, 2.75) is 70.1 Å². The Bertz CT molecular complexity index is 1190. The summed E-state index contributed by atoms with van der Waals surface area (Å²) in [5, 5.41) is 2.36. The smallest absolute Gasteiger partial charge is 0.410 e. The SMILES string of the molecule is CC(C)(C)OC(=O)N1CC(CN2CCC3(CC2)COc2c3ccc3c2CN([C@@H]2CCC(=O)NC2=O)C3=O)C1. The van der Waals surface area contributed by atoms with Crippen molar-refractivity contribution in [3.05, 3.63) is 28.8 Å². The quantitative estimate of drug-likeness (QED) is 0.603. The van der Waals surface area contributed by atoms with Gasteiger partial charge in [-0.25, -0.2) is 4.79 Å². The van der Waals surface area contributed by atoms with Crippen LogP contribution in [0.4, 0.5) is 4.79 Å². The molecule has 0 aromatic heterocycles. The molecule has 1 aromatic carbocycles. The van der Waals surface area contributed by atoms with Gasteiger partial charge < -0.3 is 24.2 Å². The Balaban J connectivity index is 1.07. The summed E-state index contributed by atoms with van der Waals surface area (Å²) < 4.78 is 11.7. The number of hydrogen-bond donors (Lipinski definition) is 1. The van der Waals surface area contributed by atoms with E-state index in [4.69, 9.17) is 9.47 Å². The lowest BCUT2D eigenvalue weighted by molar-refractivity contribution is -0.136. The number of carbonyl (C=O) groups excluding carboxylic acids is 4. The maximum atomic E-state index is 13.2. The molecule has 1 atom stereocenters. The number of hydrogen-bond acceptors (Lipinski definition) is 7. The largest absolute Gasteiger partial charge is 0.492 e. The lowest BCUT2D eigenvalue weighted by Crippen LogP contribution is -2.56. The van der Waals surface area contributed by atoms with Gasteiger partial charge in [-0.15, -0.1) is 0 Å². The summed E-state index contributed by atoms with van der Waals surface area (Å²) in [4.78, 5) is 55.2. The van der Waals surface area contributed by atoms with Crippen LogP contribution in [-0.2, 0) is 26.3 Å². The Morgan fingerprint density at radius 2 is 1.89 bits per heavy atom. The first-order valence-electron chi connectivity index (χ1n) is 13.7. The Labute approximate surface area is 222 Å². The lowest BCUT2D eigenvalue weighted by Gasteiger charge is -2.44.